The molecule has 7 nitrogen and oxygen atoms in total. The number of nitro benzene ring substituents is 1. The molecule has 1 aromatic carbocycles. The van der Waals surface area contributed by atoms with Crippen molar-refractivity contribution in [2.75, 3.05) is 20.2 Å². The number of rotatable bonds is 2. The van der Waals surface area contributed by atoms with Crippen LogP contribution in [0.1, 0.15) is 21.5 Å². The fourth-order valence-electron chi connectivity index (χ4n) is 2.57. The smallest absolute Gasteiger partial charge is 0.465 e. The molecule has 0 spiro atoms. The molecule has 0 bridgehead atoms. The van der Waals surface area contributed by atoms with Gasteiger partial charge in [0.2, 0.25) is 0 Å². The van der Waals surface area contributed by atoms with Crippen molar-refractivity contribution in [1.82, 2.24) is 4.90 Å². The maximum atomic E-state index is 12.5. The molecule has 0 unspecified atom stereocenters. The van der Waals surface area contributed by atoms with Crippen LogP contribution in [0.2, 0.25) is 0 Å². The van der Waals surface area contributed by atoms with Gasteiger partial charge in [-0.05, 0) is 30.0 Å². The van der Waals surface area contributed by atoms with Gasteiger partial charge >= 0.3 is 18.1 Å². The van der Waals surface area contributed by atoms with Crippen molar-refractivity contribution in [2.24, 2.45) is 0 Å². The second-order valence-electron chi connectivity index (χ2n) is 5.18. The van der Waals surface area contributed by atoms with E-state index in [9.17, 15) is 32.9 Å². The van der Waals surface area contributed by atoms with E-state index in [-0.39, 0.29) is 31.5 Å². The van der Waals surface area contributed by atoms with Gasteiger partial charge in [-0.3, -0.25) is 14.9 Å². The first-order chi connectivity index (χ1) is 11.1. The number of esters is 1. The number of amides is 1. The summed E-state index contributed by atoms with van der Waals surface area (Å²) in [4.78, 5) is 34.0. The van der Waals surface area contributed by atoms with E-state index in [1.54, 1.807) is 0 Å². The minimum atomic E-state index is -4.97. The monoisotopic (exact) mass is 346 g/mol. The number of carbonyl (C=O) groups is 2. The van der Waals surface area contributed by atoms with E-state index in [4.69, 9.17) is 0 Å². The van der Waals surface area contributed by atoms with Gasteiger partial charge in [-0.1, -0.05) is 0 Å². The number of benzene rings is 1. The van der Waals surface area contributed by atoms with Gasteiger partial charge in [0.05, 0.1) is 12.0 Å². The Labute approximate surface area is 134 Å². The van der Waals surface area contributed by atoms with E-state index in [0.29, 0.717) is 16.0 Å². The summed E-state index contributed by atoms with van der Waals surface area (Å²) >= 11 is 0. The summed E-state index contributed by atoms with van der Waals surface area (Å²) in [6.07, 6.45) is -4.89. The Morgan fingerprint density at radius 3 is 2.21 bits per heavy atom. The Balaban J connectivity index is 2.36. The van der Waals surface area contributed by atoms with Gasteiger partial charge in [-0.25, -0.2) is 4.79 Å². The summed E-state index contributed by atoms with van der Waals surface area (Å²) in [6, 6.07) is 2.41. The molecule has 1 aliphatic heterocycles. The number of nitrogens with zero attached hydrogens (tertiary/aromatic N) is 2. The van der Waals surface area contributed by atoms with Gasteiger partial charge in [0.25, 0.3) is 5.69 Å². The van der Waals surface area contributed by atoms with Crippen LogP contribution >= 0.6 is 0 Å². The molecule has 2 rings (SSSR count). The molecule has 1 aromatic rings. The highest BCUT2D eigenvalue weighted by atomic mass is 19.4. The Bertz CT molecular complexity index is 702. The van der Waals surface area contributed by atoms with E-state index in [0.717, 1.165) is 13.2 Å². The normalized spacial score (nSPS) is 14.6. The first-order valence-corrected chi connectivity index (χ1v) is 6.89. The third-order valence-electron chi connectivity index (χ3n) is 3.75. The zero-order valence-electron chi connectivity index (χ0n) is 12.6. The number of alkyl halides is 3. The van der Waals surface area contributed by atoms with E-state index in [1.807, 2.05) is 0 Å². The third-order valence-corrected chi connectivity index (χ3v) is 3.75. The van der Waals surface area contributed by atoms with E-state index >= 15 is 0 Å². The SMILES string of the molecule is COC(=O)c1cc2c(cc1[N+](=O)[O-])CCN(C(=O)C(F)(F)F)CC2. The van der Waals surface area contributed by atoms with Crippen LogP contribution in [0.15, 0.2) is 12.1 Å². The third kappa shape index (κ3) is 3.47. The van der Waals surface area contributed by atoms with Crippen molar-refractivity contribution in [3.63, 3.8) is 0 Å². The fraction of sp³-hybridized carbons (Fsp3) is 0.429. The first kappa shape index (κ1) is 17.7. The van der Waals surface area contributed by atoms with Gasteiger partial charge in [0.1, 0.15) is 5.56 Å². The number of fused-ring (bicyclic) bond motifs is 1. The average molecular weight is 346 g/mol. The second-order valence-corrected chi connectivity index (χ2v) is 5.18. The van der Waals surface area contributed by atoms with Crippen LogP contribution in [-0.2, 0) is 22.4 Å². The molecular weight excluding hydrogens is 333 g/mol. The number of carbonyl (C=O) groups excluding carboxylic acids is 2. The maximum Gasteiger partial charge on any atom is 0.471 e. The van der Waals surface area contributed by atoms with Crippen LogP contribution in [0.25, 0.3) is 0 Å². The lowest BCUT2D eigenvalue weighted by Gasteiger charge is -2.21. The minimum absolute atomic E-state index is 0.0272. The highest BCUT2D eigenvalue weighted by Crippen LogP contribution is 2.28. The van der Waals surface area contributed by atoms with Gasteiger partial charge in [-0.2, -0.15) is 13.2 Å². The summed E-state index contributed by atoms with van der Waals surface area (Å²) in [5, 5.41) is 11.1. The molecular formula is C14H13F3N2O5. The molecule has 1 heterocycles. The van der Waals surface area contributed by atoms with Crippen LogP contribution in [0, 0.1) is 10.1 Å². The lowest BCUT2D eigenvalue weighted by Crippen LogP contribution is -2.42. The number of halogens is 3. The molecule has 1 aliphatic rings. The van der Waals surface area contributed by atoms with Crippen LogP contribution < -0.4 is 0 Å². The van der Waals surface area contributed by atoms with Crippen molar-refractivity contribution >= 4 is 17.6 Å². The molecule has 0 N–H and O–H groups in total. The number of ether oxygens (including phenoxy) is 1. The van der Waals surface area contributed by atoms with E-state index < -0.39 is 28.7 Å². The molecule has 0 saturated carbocycles. The molecule has 24 heavy (non-hydrogen) atoms. The van der Waals surface area contributed by atoms with Crippen LogP contribution in [0.5, 0.6) is 0 Å². The summed E-state index contributed by atoms with van der Waals surface area (Å²) in [6.45, 7) is -0.399. The van der Waals surface area contributed by atoms with Gasteiger partial charge in [0.15, 0.2) is 0 Å². The van der Waals surface area contributed by atoms with Crippen molar-refractivity contribution in [2.45, 2.75) is 19.0 Å². The average Bonchev–Trinajstić information content (AvgIpc) is 2.73. The Morgan fingerprint density at radius 1 is 1.21 bits per heavy atom. The lowest BCUT2D eigenvalue weighted by atomic mass is 9.98. The molecule has 0 aliphatic carbocycles. The summed E-state index contributed by atoms with van der Waals surface area (Å²) in [5.41, 5.74) is 0.179. The summed E-state index contributed by atoms with van der Waals surface area (Å²) in [7, 11) is 1.07. The standard InChI is InChI=1S/C14H13F3N2O5/c1-24-12(20)10-6-8-2-4-18(13(21)14(15,16)17)5-3-9(8)7-11(10)19(22)23/h6-7H,2-5H2,1H3. The maximum absolute atomic E-state index is 12.5. The topological polar surface area (TPSA) is 89.8 Å². The van der Waals surface area contributed by atoms with Crippen molar-refractivity contribution < 1.29 is 32.4 Å². The fourth-order valence-corrected chi connectivity index (χ4v) is 2.57. The molecule has 130 valence electrons. The van der Waals surface area contributed by atoms with Crippen molar-refractivity contribution in [3.05, 3.63) is 38.9 Å². The molecule has 0 saturated heterocycles. The number of hydrogen-bond acceptors (Lipinski definition) is 5. The zero-order valence-corrected chi connectivity index (χ0v) is 12.6. The molecule has 1 amide bonds. The molecule has 10 heteroatoms. The Kier molecular flexibility index (Phi) is 4.76. The van der Waals surface area contributed by atoms with E-state index in [1.165, 1.54) is 6.07 Å². The Hall–Kier alpha value is -2.65. The van der Waals surface area contributed by atoms with Crippen molar-refractivity contribution in [1.29, 1.82) is 0 Å². The van der Waals surface area contributed by atoms with Gasteiger partial charge in [0, 0.05) is 19.2 Å². The van der Waals surface area contributed by atoms with E-state index in [2.05, 4.69) is 4.74 Å². The molecule has 0 aromatic heterocycles. The van der Waals surface area contributed by atoms with Crippen LogP contribution in [0.3, 0.4) is 0 Å². The largest absolute Gasteiger partial charge is 0.471 e. The Morgan fingerprint density at radius 2 is 1.75 bits per heavy atom. The molecule has 0 atom stereocenters. The zero-order chi connectivity index (χ0) is 18.1. The van der Waals surface area contributed by atoms with Gasteiger partial charge < -0.3 is 9.64 Å². The quantitative estimate of drug-likeness (QED) is 0.463. The number of nitro groups is 1. The minimum Gasteiger partial charge on any atom is -0.465 e. The first-order valence-electron chi connectivity index (χ1n) is 6.89. The van der Waals surface area contributed by atoms with Crippen LogP contribution in [-0.4, -0.2) is 48.1 Å². The van der Waals surface area contributed by atoms with Gasteiger partial charge in [-0.15, -0.1) is 0 Å². The van der Waals surface area contributed by atoms with Crippen LogP contribution in [0.4, 0.5) is 18.9 Å². The molecule has 0 radical (unpaired) electrons. The highest BCUT2D eigenvalue weighted by molar-refractivity contribution is 5.94. The predicted octanol–water partition coefficient (Wildman–Crippen LogP) is 1.87. The second kappa shape index (κ2) is 6.46. The highest BCUT2D eigenvalue weighted by Gasteiger charge is 2.42. The molecule has 0 fully saturated rings. The number of hydrogen-bond donors (Lipinski definition) is 0. The predicted molar refractivity (Wildman–Crippen MR) is 74.5 cm³/mol. The number of methoxy groups -OCH3 is 1. The van der Waals surface area contributed by atoms with Crippen molar-refractivity contribution in [3.8, 4) is 0 Å². The summed E-state index contributed by atoms with van der Waals surface area (Å²) < 4.78 is 42.1. The lowest BCUT2D eigenvalue weighted by molar-refractivity contribution is -0.385. The summed E-state index contributed by atoms with van der Waals surface area (Å²) in [5.74, 6) is -2.85.